The number of aliphatic hydroxyl groups excluding tert-OH is 1. The van der Waals surface area contributed by atoms with E-state index in [-0.39, 0.29) is 24.0 Å². The molecular weight excluding hydrogens is 437 g/mol. The highest BCUT2D eigenvalue weighted by Gasteiger charge is 2.12. The van der Waals surface area contributed by atoms with Gasteiger partial charge in [0.25, 0.3) is 0 Å². The zero-order valence-corrected chi connectivity index (χ0v) is 16.3. The second kappa shape index (κ2) is 9.00. The summed E-state index contributed by atoms with van der Waals surface area (Å²) in [5, 5.41) is 24.6. The summed E-state index contributed by atoms with van der Waals surface area (Å²) < 4.78 is 1.18. The number of H-pyrrole nitrogens is 1. The van der Waals surface area contributed by atoms with E-state index in [1.807, 2.05) is 24.3 Å². The van der Waals surface area contributed by atoms with E-state index in [0.717, 1.165) is 16.0 Å². The molecule has 2 aromatic heterocycles. The topological polar surface area (TPSA) is 85.3 Å². The van der Waals surface area contributed by atoms with Crippen LogP contribution in [0.25, 0.3) is 10.1 Å². The molecule has 0 spiro atoms. The molecule has 0 aliphatic carbocycles. The van der Waals surface area contributed by atoms with E-state index < -0.39 is 6.10 Å². The van der Waals surface area contributed by atoms with Crippen molar-refractivity contribution in [2.24, 2.45) is 4.99 Å². The zero-order chi connectivity index (χ0) is 16.1. The van der Waals surface area contributed by atoms with Crippen LogP contribution in [0, 0.1) is 0 Å². The number of fused-ring (bicyclic) bond motifs is 1. The fourth-order valence-corrected chi connectivity index (χ4v) is 3.29. The number of hydrogen-bond donors (Lipinski definition) is 4. The van der Waals surface area contributed by atoms with Gasteiger partial charge in [-0.2, -0.15) is 5.10 Å². The minimum atomic E-state index is -0.571. The lowest BCUT2D eigenvalue weighted by molar-refractivity contribution is 0.184. The minimum absolute atomic E-state index is 0. The molecule has 3 aromatic rings. The normalized spacial score (nSPS) is 12.7. The van der Waals surface area contributed by atoms with Crippen LogP contribution in [0.4, 0.5) is 0 Å². The highest BCUT2D eigenvalue weighted by atomic mass is 127. The second-order valence-electron chi connectivity index (χ2n) is 5.09. The molecule has 24 heavy (non-hydrogen) atoms. The summed E-state index contributed by atoms with van der Waals surface area (Å²) in [6.07, 6.45) is 1.14. The molecule has 0 radical (unpaired) electrons. The number of hydrogen-bond acceptors (Lipinski definition) is 4. The lowest BCUT2D eigenvalue weighted by Crippen LogP contribution is -2.38. The molecule has 0 bridgehead atoms. The maximum atomic E-state index is 10.4. The molecule has 0 aliphatic heterocycles. The summed E-state index contributed by atoms with van der Waals surface area (Å²) in [5.41, 5.74) is 0.970. The Hall–Kier alpha value is -1.65. The quantitative estimate of drug-likeness (QED) is 0.270. The molecule has 0 fully saturated rings. The average Bonchev–Trinajstić information content (AvgIpc) is 3.23. The van der Waals surface area contributed by atoms with Gasteiger partial charge in [0.2, 0.25) is 0 Å². The van der Waals surface area contributed by atoms with Crippen LogP contribution in [0.15, 0.2) is 47.6 Å². The number of thiophene rings is 1. The van der Waals surface area contributed by atoms with E-state index in [1.54, 1.807) is 24.6 Å². The number of guanidine groups is 1. The van der Waals surface area contributed by atoms with E-state index in [1.165, 1.54) is 4.70 Å². The summed E-state index contributed by atoms with van der Waals surface area (Å²) >= 11 is 1.61. The van der Waals surface area contributed by atoms with E-state index in [9.17, 15) is 5.11 Å². The predicted molar refractivity (Wildman–Crippen MR) is 109 cm³/mol. The van der Waals surface area contributed by atoms with Crippen LogP contribution in [0.5, 0.6) is 0 Å². The average molecular weight is 457 g/mol. The SMILES string of the molecule is CN=C(NCc1ccn[nH]1)NCC(O)c1cc2ccccc2s1.I. The number of rotatable bonds is 5. The van der Waals surface area contributed by atoms with Gasteiger partial charge in [-0.25, -0.2) is 0 Å². The smallest absolute Gasteiger partial charge is 0.191 e. The maximum Gasteiger partial charge on any atom is 0.191 e. The molecule has 4 N–H and O–H groups in total. The Morgan fingerprint density at radius 2 is 2.17 bits per heavy atom. The Balaban J connectivity index is 0.00000208. The van der Waals surface area contributed by atoms with E-state index in [2.05, 4.69) is 38.0 Å². The summed E-state index contributed by atoms with van der Waals surface area (Å²) in [6, 6.07) is 12.1. The molecule has 0 aliphatic rings. The molecule has 128 valence electrons. The van der Waals surface area contributed by atoms with Crippen molar-refractivity contribution >= 4 is 51.4 Å². The van der Waals surface area contributed by atoms with Crippen molar-refractivity contribution in [2.45, 2.75) is 12.6 Å². The molecule has 1 aromatic carbocycles. The first-order valence-electron chi connectivity index (χ1n) is 7.35. The van der Waals surface area contributed by atoms with Gasteiger partial charge in [0.1, 0.15) is 6.10 Å². The second-order valence-corrected chi connectivity index (χ2v) is 6.21. The van der Waals surface area contributed by atoms with Crippen LogP contribution >= 0.6 is 35.3 Å². The first-order chi connectivity index (χ1) is 11.3. The predicted octanol–water partition coefficient (Wildman–Crippen LogP) is 2.64. The number of aliphatic hydroxyl groups is 1. The standard InChI is InChI=1S/C16H19N5OS.HI/c1-17-16(18-9-12-6-7-20-21-12)19-10-13(22)15-8-11-4-2-3-5-14(11)23-15;/h2-8,13,22H,9-10H2,1H3,(H,20,21)(H2,17,18,19);1H. The van der Waals surface area contributed by atoms with Crippen molar-refractivity contribution in [1.29, 1.82) is 0 Å². The molecule has 1 atom stereocenters. The lowest BCUT2D eigenvalue weighted by Gasteiger charge is -2.14. The van der Waals surface area contributed by atoms with Crippen LogP contribution in [-0.4, -0.2) is 34.9 Å². The minimum Gasteiger partial charge on any atom is -0.386 e. The molecular formula is C16H20IN5OS. The fraction of sp³-hybridized carbons (Fsp3) is 0.250. The van der Waals surface area contributed by atoms with Gasteiger partial charge in [-0.15, -0.1) is 35.3 Å². The molecule has 0 saturated carbocycles. The van der Waals surface area contributed by atoms with Crippen molar-refractivity contribution < 1.29 is 5.11 Å². The third kappa shape index (κ3) is 4.68. The Morgan fingerprint density at radius 3 is 2.88 bits per heavy atom. The van der Waals surface area contributed by atoms with Gasteiger partial charge >= 0.3 is 0 Å². The largest absolute Gasteiger partial charge is 0.386 e. The van der Waals surface area contributed by atoms with Crippen molar-refractivity contribution in [1.82, 2.24) is 20.8 Å². The zero-order valence-electron chi connectivity index (χ0n) is 13.2. The van der Waals surface area contributed by atoms with Crippen LogP contribution in [-0.2, 0) is 6.54 Å². The Bertz CT molecular complexity index is 754. The molecule has 0 amide bonds. The number of nitrogens with zero attached hydrogens (tertiary/aromatic N) is 2. The number of aliphatic imine (C=N–C) groups is 1. The van der Waals surface area contributed by atoms with Crippen LogP contribution in [0.1, 0.15) is 16.7 Å². The maximum absolute atomic E-state index is 10.4. The van der Waals surface area contributed by atoms with Crippen molar-refractivity contribution in [2.75, 3.05) is 13.6 Å². The third-order valence-electron chi connectivity index (χ3n) is 3.46. The molecule has 1 unspecified atom stereocenters. The monoisotopic (exact) mass is 457 g/mol. The van der Waals surface area contributed by atoms with Gasteiger partial charge in [-0.3, -0.25) is 10.1 Å². The molecule has 6 nitrogen and oxygen atoms in total. The van der Waals surface area contributed by atoms with Crippen molar-refractivity contribution in [3.8, 4) is 0 Å². The van der Waals surface area contributed by atoms with Gasteiger partial charge in [-0.1, -0.05) is 18.2 Å². The molecule has 3 rings (SSSR count). The Morgan fingerprint density at radius 1 is 1.33 bits per heavy atom. The van der Waals surface area contributed by atoms with Crippen molar-refractivity contribution in [3.63, 3.8) is 0 Å². The third-order valence-corrected chi connectivity index (χ3v) is 4.68. The summed E-state index contributed by atoms with van der Waals surface area (Å²) in [4.78, 5) is 5.10. The summed E-state index contributed by atoms with van der Waals surface area (Å²) in [6.45, 7) is 0.994. The first-order valence-corrected chi connectivity index (χ1v) is 8.17. The van der Waals surface area contributed by atoms with Gasteiger partial charge in [0.15, 0.2) is 5.96 Å². The number of nitrogens with one attached hydrogen (secondary N) is 3. The summed E-state index contributed by atoms with van der Waals surface area (Å²) in [5.74, 6) is 0.639. The highest BCUT2D eigenvalue weighted by Crippen LogP contribution is 2.29. The molecule has 0 saturated heterocycles. The Kier molecular flexibility index (Phi) is 7.00. The lowest BCUT2D eigenvalue weighted by atomic mass is 10.2. The fourth-order valence-electron chi connectivity index (χ4n) is 2.24. The number of aromatic amines is 1. The Labute approximate surface area is 161 Å². The van der Waals surface area contributed by atoms with Gasteiger partial charge in [0, 0.05) is 29.4 Å². The van der Waals surface area contributed by atoms with Crippen molar-refractivity contribution in [3.05, 3.63) is 53.2 Å². The highest BCUT2D eigenvalue weighted by molar-refractivity contribution is 14.0. The first kappa shape index (κ1) is 18.7. The van der Waals surface area contributed by atoms with Crippen LogP contribution in [0.2, 0.25) is 0 Å². The van der Waals surface area contributed by atoms with Crippen LogP contribution in [0.3, 0.4) is 0 Å². The van der Waals surface area contributed by atoms with Crippen LogP contribution < -0.4 is 10.6 Å². The number of halogens is 1. The van der Waals surface area contributed by atoms with E-state index >= 15 is 0 Å². The van der Waals surface area contributed by atoms with Gasteiger partial charge in [0.05, 0.1) is 12.2 Å². The molecule has 8 heteroatoms. The van der Waals surface area contributed by atoms with E-state index in [4.69, 9.17) is 0 Å². The van der Waals surface area contributed by atoms with Gasteiger partial charge < -0.3 is 15.7 Å². The number of aromatic nitrogens is 2. The summed E-state index contributed by atoms with van der Waals surface area (Å²) in [7, 11) is 1.70. The van der Waals surface area contributed by atoms with E-state index in [0.29, 0.717) is 19.0 Å². The number of benzene rings is 1. The van der Waals surface area contributed by atoms with Gasteiger partial charge in [-0.05, 0) is 23.6 Å². The molecule has 2 heterocycles.